The van der Waals surface area contributed by atoms with Crippen LogP contribution in [0, 0.1) is 0 Å². The van der Waals surface area contributed by atoms with E-state index in [9.17, 15) is 4.57 Å². The maximum Gasteiger partial charge on any atom is 0.416 e. The number of rotatable bonds is 0. The van der Waals surface area contributed by atoms with Crippen LogP contribution in [0.25, 0.3) is 0 Å². The van der Waals surface area contributed by atoms with Crippen molar-refractivity contribution in [2.24, 2.45) is 0 Å². The smallest absolute Gasteiger partial charge is 0.338 e. The monoisotopic (exact) mass is 139 g/mol. The minimum Gasteiger partial charge on any atom is -0.338 e. The van der Waals surface area contributed by atoms with Crippen molar-refractivity contribution in [2.75, 3.05) is 0 Å². The summed E-state index contributed by atoms with van der Waals surface area (Å²) in [5, 5.41) is 8.73. The fraction of sp³-hybridized carbons (Fsp3) is 1.00. The number of hydrogen-bond acceptors (Lipinski definition) is 2. The Bertz CT molecular complexity index is 133. The van der Waals surface area contributed by atoms with Crippen LogP contribution in [0.5, 0.6) is 0 Å². The van der Waals surface area contributed by atoms with E-state index in [1.807, 2.05) is 0 Å². The van der Waals surface area contributed by atoms with Crippen molar-refractivity contribution < 1.29 is 9.67 Å². The Kier molecular flexibility index (Phi) is 0.477. The van der Waals surface area contributed by atoms with E-state index in [0.717, 1.165) is 0 Å². The minimum atomic E-state index is -1.03. The number of aliphatic hydroxyl groups is 1. The number of hydrogen-bond donors (Lipinski definition) is 1. The topological polar surface area (TPSA) is 37.3 Å². The third-order valence-electron chi connectivity index (χ3n) is 0.910. The van der Waals surface area contributed by atoms with Gasteiger partial charge >= 0.3 is 12.3 Å². The molecule has 0 radical (unpaired) electrons. The molecule has 32 valence electrons. The Hall–Kier alpha value is 0.920. The summed E-state index contributed by atoms with van der Waals surface area (Å²) in [5.41, 5.74) is 0. The van der Waals surface area contributed by atoms with Gasteiger partial charge in [-0.3, -0.25) is 0 Å². The second-order valence-electron chi connectivity index (χ2n) is 1.33. The number of fused-ring (bicyclic) bond motifs is 1. The minimum absolute atomic E-state index is 0.254. The van der Waals surface area contributed by atoms with Gasteiger partial charge in [0.25, 0.3) is 7.30 Å². The lowest BCUT2D eigenvalue weighted by Crippen LogP contribution is -1.74. The van der Waals surface area contributed by atoms with Gasteiger partial charge in [0.1, 0.15) is 0 Å². The zero-order valence-corrected chi connectivity index (χ0v) is 5.54. The fourth-order valence-electron chi connectivity index (χ4n) is 0.355. The SMILES string of the molecule is O=[P+]1P2PC21O. The molecule has 0 bridgehead atoms. The molecule has 0 spiro atoms. The first-order chi connectivity index (χ1) is 2.75. The van der Waals surface area contributed by atoms with Crippen LogP contribution in [0.2, 0.25) is 0 Å². The van der Waals surface area contributed by atoms with Crippen molar-refractivity contribution in [1.29, 1.82) is 0 Å². The van der Waals surface area contributed by atoms with Gasteiger partial charge in [-0.1, -0.05) is 4.57 Å². The molecule has 4 atom stereocenters. The molecule has 2 aliphatic rings. The summed E-state index contributed by atoms with van der Waals surface area (Å²) < 4.78 is 10.2. The van der Waals surface area contributed by atoms with E-state index >= 15 is 0 Å². The van der Waals surface area contributed by atoms with Crippen molar-refractivity contribution in [3.63, 3.8) is 0 Å². The lowest BCUT2D eigenvalue weighted by Gasteiger charge is -1.63. The van der Waals surface area contributed by atoms with Crippen molar-refractivity contribution in [2.45, 2.75) is 4.82 Å². The summed E-state index contributed by atoms with van der Waals surface area (Å²) in [6.45, 7) is 0. The van der Waals surface area contributed by atoms with E-state index in [1.165, 1.54) is 0 Å². The molecule has 0 saturated carbocycles. The molecule has 2 heterocycles. The maximum atomic E-state index is 10.2. The van der Waals surface area contributed by atoms with Crippen LogP contribution in [0.15, 0.2) is 0 Å². The first-order valence-electron chi connectivity index (χ1n) is 1.53. The summed E-state index contributed by atoms with van der Waals surface area (Å²) in [5.74, 6) is 0. The quantitative estimate of drug-likeness (QED) is 0.515. The third kappa shape index (κ3) is 0.235. The van der Waals surface area contributed by atoms with E-state index in [4.69, 9.17) is 5.11 Å². The predicted octanol–water partition coefficient (Wildman–Crippen LogP) is 1.44. The molecule has 0 aliphatic carbocycles. The molecule has 2 saturated heterocycles. The van der Waals surface area contributed by atoms with Crippen molar-refractivity contribution in [1.82, 2.24) is 0 Å². The zero-order chi connectivity index (χ0) is 4.36. The molecule has 0 aromatic carbocycles. The lowest BCUT2D eigenvalue weighted by atomic mass is 11.6. The van der Waals surface area contributed by atoms with Gasteiger partial charge in [0.2, 0.25) is 0 Å². The Morgan fingerprint density at radius 3 is 2.33 bits per heavy atom. The molecule has 0 amide bonds. The Balaban J connectivity index is 2.43. The highest BCUT2D eigenvalue weighted by molar-refractivity contribution is 8.84. The van der Waals surface area contributed by atoms with Gasteiger partial charge in [-0.15, -0.1) is 0 Å². The lowest BCUT2D eigenvalue weighted by molar-refractivity contribution is 0.323. The van der Waals surface area contributed by atoms with Crippen LogP contribution in [0.4, 0.5) is 0 Å². The van der Waals surface area contributed by atoms with Crippen molar-refractivity contribution in [3.05, 3.63) is 0 Å². The van der Waals surface area contributed by atoms with E-state index in [1.54, 1.807) is 0 Å². The molecule has 0 aromatic rings. The summed E-state index contributed by atoms with van der Waals surface area (Å²) in [6.07, 6.45) is 0. The molecule has 2 nitrogen and oxygen atoms in total. The highest BCUT2D eigenvalue weighted by atomic mass is 32.5. The zero-order valence-electron chi connectivity index (χ0n) is 2.75. The van der Waals surface area contributed by atoms with Gasteiger partial charge in [-0.25, -0.2) is 0 Å². The van der Waals surface area contributed by atoms with Gasteiger partial charge in [-0.2, -0.15) is 0 Å². The largest absolute Gasteiger partial charge is 0.416 e. The Morgan fingerprint density at radius 1 is 2.00 bits per heavy atom. The van der Waals surface area contributed by atoms with Gasteiger partial charge in [0.15, 0.2) is 0 Å². The molecule has 0 aromatic heterocycles. The summed E-state index contributed by atoms with van der Waals surface area (Å²) in [4.78, 5) is -0.523. The second-order valence-corrected chi connectivity index (χ2v) is 11.4. The Labute approximate surface area is 38.4 Å². The highest BCUT2D eigenvalue weighted by Gasteiger charge is 2.99. The first kappa shape index (κ1) is 3.87. The van der Waals surface area contributed by atoms with Crippen LogP contribution in [0.1, 0.15) is 0 Å². The van der Waals surface area contributed by atoms with Gasteiger partial charge in [0.05, 0.1) is 8.27 Å². The second kappa shape index (κ2) is 0.740. The molecule has 6 heavy (non-hydrogen) atoms. The highest BCUT2D eigenvalue weighted by Crippen LogP contribution is 3.25. The summed E-state index contributed by atoms with van der Waals surface area (Å²) in [7, 11) is -0.614. The summed E-state index contributed by atoms with van der Waals surface area (Å²) in [6, 6.07) is 0. The maximum absolute atomic E-state index is 10.2. The van der Waals surface area contributed by atoms with E-state index in [2.05, 4.69) is 0 Å². The average molecular weight is 139 g/mol. The summed E-state index contributed by atoms with van der Waals surface area (Å²) >= 11 is 0. The third-order valence-corrected chi connectivity index (χ3v) is 14.1. The van der Waals surface area contributed by atoms with Crippen molar-refractivity contribution >= 4 is 23.1 Å². The first-order valence-corrected chi connectivity index (χ1v) is 6.68. The molecule has 1 N–H and O–H groups in total. The van der Waals surface area contributed by atoms with Crippen LogP contribution < -0.4 is 0 Å². The molecular weight excluding hydrogens is 137 g/mol. The van der Waals surface area contributed by atoms with Crippen LogP contribution in [-0.2, 0) is 4.57 Å². The molecule has 2 aliphatic heterocycles. The van der Waals surface area contributed by atoms with Gasteiger partial charge in [0, 0.05) is 0 Å². The van der Waals surface area contributed by atoms with Crippen LogP contribution in [-0.4, -0.2) is 9.93 Å². The molecule has 2 fully saturated rings. The van der Waals surface area contributed by atoms with Crippen LogP contribution >= 0.6 is 23.1 Å². The van der Waals surface area contributed by atoms with Gasteiger partial charge in [-0.05, 0) is 0 Å². The van der Waals surface area contributed by atoms with Crippen molar-refractivity contribution in [3.8, 4) is 0 Å². The standard InChI is InChI=1S/CH2O2P3/c2-1-4-6(1)5(1)3/h2,4H/q+1. The van der Waals surface area contributed by atoms with E-state index in [0.29, 0.717) is 8.27 Å². The van der Waals surface area contributed by atoms with E-state index < -0.39 is 12.3 Å². The normalized spacial score (nSPS) is 70.8. The Morgan fingerprint density at radius 2 is 2.33 bits per heavy atom. The fourth-order valence-corrected chi connectivity index (χ4v) is 10.8. The van der Waals surface area contributed by atoms with Gasteiger partial charge < -0.3 is 5.11 Å². The average Bonchev–Trinajstić information content (AvgIpc) is 2.24. The molecular formula is CH2O2P3+. The van der Waals surface area contributed by atoms with E-state index in [-0.39, 0.29) is 7.30 Å². The molecule has 5 heteroatoms. The molecule has 2 rings (SSSR count). The predicted molar refractivity (Wildman–Crippen MR) is 27.8 cm³/mol. The van der Waals surface area contributed by atoms with Crippen LogP contribution in [0.3, 0.4) is 0 Å². The molecule has 4 unspecified atom stereocenters.